The molecule has 6 heteroatoms. The number of aliphatic hydroxyl groups excluding tert-OH is 1. The Kier molecular flexibility index (Phi) is 6.36. The van der Waals surface area contributed by atoms with Gasteiger partial charge in [-0.25, -0.2) is 0 Å². The summed E-state index contributed by atoms with van der Waals surface area (Å²) >= 11 is 0. The van der Waals surface area contributed by atoms with Crippen LogP contribution in [0, 0.1) is 11.3 Å². The number of ether oxygens (including phenoxy) is 1. The molecule has 0 unspecified atom stereocenters. The van der Waals surface area contributed by atoms with Gasteiger partial charge >= 0.3 is 0 Å². The van der Waals surface area contributed by atoms with E-state index < -0.39 is 6.04 Å². The summed E-state index contributed by atoms with van der Waals surface area (Å²) in [5.74, 6) is 0.130. The van der Waals surface area contributed by atoms with Crippen LogP contribution in [-0.2, 0) is 0 Å². The lowest BCUT2D eigenvalue weighted by molar-refractivity contribution is 0.275. The number of aromatic hydroxyl groups is 1. The van der Waals surface area contributed by atoms with E-state index >= 15 is 0 Å². The molecule has 1 aromatic carbocycles. The number of rotatable bonds is 4. The molecular formula is C11H15ClN2O3. The molecule has 0 aliphatic heterocycles. The van der Waals surface area contributed by atoms with Crippen molar-refractivity contribution in [2.45, 2.75) is 12.5 Å². The minimum Gasteiger partial charge on any atom is -0.504 e. The Morgan fingerprint density at radius 2 is 2.18 bits per heavy atom. The first-order valence-electron chi connectivity index (χ1n) is 4.81. The fourth-order valence-electron chi connectivity index (χ4n) is 1.43. The van der Waals surface area contributed by atoms with E-state index in [1.165, 1.54) is 19.2 Å². The zero-order valence-electron chi connectivity index (χ0n) is 9.38. The number of hydrogen-bond donors (Lipinski definition) is 3. The fourth-order valence-corrected chi connectivity index (χ4v) is 1.43. The Balaban J connectivity index is 0.00000256. The third-order valence-electron chi connectivity index (χ3n) is 2.29. The number of benzene rings is 1. The zero-order chi connectivity index (χ0) is 12.1. The van der Waals surface area contributed by atoms with E-state index in [0.717, 1.165) is 0 Å². The highest BCUT2D eigenvalue weighted by molar-refractivity contribution is 5.85. The average Bonchev–Trinajstić information content (AvgIpc) is 2.29. The van der Waals surface area contributed by atoms with Gasteiger partial charge in [0.15, 0.2) is 11.5 Å². The molecule has 5 nitrogen and oxygen atoms in total. The molecule has 4 N–H and O–H groups in total. The Hall–Kier alpha value is -1.48. The van der Waals surface area contributed by atoms with E-state index in [0.29, 0.717) is 17.5 Å². The predicted octanol–water partition coefficient (Wildman–Crippen LogP) is 1.08. The molecular weight excluding hydrogens is 244 g/mol. The summed E-state index contributed by atoms with van der Waals surface area (Å²) < 4.78 is 4.94. The number of phenolic OH excluding ortho intramolecular Hbond substituents is 1. The molecule has 0 saturated carbocycles. The van der Waals surface area contributed by atoms with Crippen molar-refractivity contribution in [3.8, 4) is 17.6 Å². The van der Waals surface area contributed by atoms with Crippen molar-refractivity contribution >= 4 is 12.4 Å². The monoisotopic (exact) mass is 258 g/mol. The molecule has 0 aliphatic rings. The minimum absolute atomic E-state index is 0. The Bertz CT molecular complexity index is 418. The number of hydrogen-bond acceptors (Lipinski definition) is 5. The molecule has 0 fully saturated rings. The smallest absolute Gasteiger partial charge is 0.162 e. The summed E-state index contributed by atoms with van der Waals surface area (Å²) in [5, 5.41) is 27.4. The number of halogens is 1. The first kappa shape index (κ1) is 15.5. The van der Waals surface area contributed by atoms with Gasteiger partial charge in [0, 0.05) is 24.3 Å². The molecule has 0 amide bonds. The third-order valence-corrected chi connectivity index (χ3v) is 2.29. The van der Waals surface area contributed by atoms with Crippen molar-refractivity contribution in [1.29, 1.82) is 5.26 Å². The van der Waals surface area contributed by atoms with Crippen molar-refractivity contribution in [2.24, 2.45) is 5.73 Å². The largest absolute Gasteiger partial charge is 0.504 e. The lowest BCUT2D eigenvalue weighted by atomic mass is 10.0. The number of methoxy groups -OCH3 is 1. The van der Waals surface area contributed by atoms with Gasteiger partial charge in [0.05, 0.1) is 18.7 Å². The van der Waals surface area contributed by atoms with Gasteiger partial charge in [0.1, 0.15) is 0 Å². The zero-order valence-corrected chi connectivity index (χ0v) is 10.2. The number of nitrogens with zero attached hydrogens (tertiary/aromatic N) is 1. The van der Waals surface area contributed by atoms with E-state index in [1.807, 2.05) is 6.07 Å². The maximum absolute atomic E-state index is 9.81. The molecule has 94 valence electrons. The lowest BCUT2D eigenvalue weighted by Gasteiger charge is -2.15. The highest BCUT2D eigenvalue weighted by Gasteiger charge is 2.16. The van der Waals surface area contributed by atoms with Gasteiger partial charge in [-0.05, 0) is 12.5 Å². The molecule has 0 radical (unpaired) electrons. The number of phenols is 1. The van der Waals surface area contributed by atoms with Crippen molar-refractivity contribution in [2.75, 3.05) is 13.7 Å². The van der Waals surface area contributed by atoms with Crippen LogP contribution in [0.4, 0.5) is 0 Å². The van der Waals surface area contributed by atoms with Gasteiger partial charge in [-0.15, -0.1) is 12.4 Å². The van der Waals surface area contributed by atoms with Crippen LogP contribution in [0.25, 0.3) is 0 Å². The molecule has 0 heterocycles. The van der Waals surface area contributed by atoms with Crippen molar-refractivity contribution in [1.82, 2.24) is 0 Å². The summed E-state index contributed by atoms with van der Waals surface area (Å²) in [7, 11) is 1.40. The molecule has 17 heavy (non-hydrogen) atoms. The highest BCUT2D eigenvalue weighted by atomic mass is 35.5. The van der Waals surface area contributed by atoms with Crippen LogP contribution in [0.2, 0.25) is 0 Å². The Morgan fingerprint density at radius 3 is 2.65 bits per heavy atom. The number of aliphatic hydroxyl groups is 1. The molecule has 0 bridgehead atoms. The summed E-state index contributed by atoms with van der Waals surface area (Å²) in [6, 6.07) is 4.37. The van der Waals surface area contributed by atoms with Crippen LogP contribution < -0.4 is 10.5 Å². The fraction of sp³-hybridized carbons (Fsp3) is 0.364. The summed E-state index contributed by atoms with van der Waals surface area (Å²) in [6.07, 6.45) is 0.311. The number of nitrogens with two attached hydrogens (primary N) is 1. The molecule has 1 aromatic rings. The van der Waals surface area contributed by atoms with Gasteiger partial charge in [-0.2, -0.15) is 5.26 Å². The van der Waals surface area contributed by atoms with E-state index in [1.54, 1.807) is 0 Å². The topological polar surface area (TPSA) is 99.5 Å². The maximum Gasteiger partial charge on any atom is 0.162 e. The lowest BCUT2D eigenvalue weighted by Crippen LogP contribution is -2.12. The molecule has 0 saturated heterocycles. The minimum atomic E-state index is -0.521. The SMILES string of the molecule is COc1cc(C#N)cc([C@H](N)CCO)c1O.Cl. The average molecular weight is 259 g/mol. The van der Waals surface area contributed by atoms with Gasteiger partial charge in [-0.3, -0.25) is 0 Å². The first-order chi connectivity index (χ1) is 7.63. The maximum atomic E-state index is 9.81. The molecule has 0 aliphatic carbocycles. The van der Waals surface area contributed by atoms with Gasteiger partial charge in [0.25, 0.3) is 0 Å². The van der Waals surface area contributed by atoms with Crippen LogP contribution in [0.1, 0.15) is 23.6 Å². The second-order valence-electron chi connectivity index (χ2n) is 3.35. The van der Waals surface area contributed by atoms with E-state index in [-0.39, 0.29) is 30.5 Å². The summed E-state index contributed by atoms with van der Waals surface area (Å²) in [4.78, 5) is 0. The summed E-state index contributed by atoms with van der Waals surface area (Å²) in [6.45, 7) is -0.0836. The first-order valence-corrected chi connectivity index (χ1v) is 4.81. The van der Waals surface area contributed by atoms with Crippen molar-refractivity contribution in [3.05, 3.63) is 23.3 Å². The van der Waals surface area contributed by atoms with Crippen LogP contribution in [0.3, 0.4) is 0 Å². The second kappa shape index (κ2) is 6.97. The van der Waals surface area contributed by atoms with E-state index in [9.17, 15) is 5.11 Å². The van der Waals surface area contributed by atoms with Crippen molar-refractivity contribution in [3.63, 3.8) is 0 Å². The third kappa shape index (κ3) is 3.49. The molecule has 0 spiro atoms. The quantitative estimate of drug-likeness (QED) is 0.750. The second-order valence-corrected chi connectivity index (χ2v) is 3.35. The number of nitriles is 1. The van der Waals surface area contributed by atoms with Crippen molar-refractivity contribution < 1.29 is 14.9 Å². The van der Waals surface area contributed by atoms with Crippen LogP contribution in [0.15, 0.2) is 12.1 Å². The van der Waals surface area contributed by atoms with Gasteiger partial charge in [-0.1, -0.05) is 0 Å². The molecule has 1 atom stereocenters. The normalized spacial score (nSPS) is 11.2. The van der Waals surface area contributed by atoms with Gasteiger partial charge in [0.2, 0.25) is 0 Å². The Labute approximate surface area is 106 Å². The van der Waals surface area contributed by atoms with Gasteiger partial charge < -0.3 is 20.7 Å². The molecule has 0 aromatic heterocycles. The van der Waals surface area contributed by atoms with E-state index in [4.69, 9.17) is 20.8 Å². The Morgan fingerprint density at radius 1 is 1.53 bits per heavy atom. The van der Waals surface area contributed by atoms with Crippen LogP contribution in [0.5, 0.6) is 11.5 Å². The van der Waals surface area contributed by atoms with Crippen LogP contribution >= 0.6 is 12.4 Å². The van der Waals surface area contributed by atoms with E-state index in [2.05, 4.69) is 0 Å². The highest BCUT2D eigenvalue weighted by Crippen LogP contribution is 2.35. The standard InChI is InChI=1S/C11H14N2O3.ClH/c1-16-10-5-7(6-12)4-8(11(10)15)9(13)2-3-14;/h4-5,9,14-15H,2-3,13H2,1H3;1H/t9-;/m1./s1. The van der Waals surface area contributed by atoms with Crippen LogP contribution in [-0.4, -0.2) is 23.9 Å². The molecule has 1 rings (SSSR count). The summed E-state index contributed by atoms with van der Waals surface area (Å²) in [5.41, 5.74) is 6.54. The predicted molar refractivity (Wildman–Crippen MR) is 65.3 cm³/mol.